The standard InChI is InChI=1S/C17H28O2/c18-12-6-5-11-17-14-8-2-1-7-13(14)15-9-3-4-10-16(15)19-17/h7,14-18H,1-6,8-12H2/t14-,15-,16+,17-/m0/s1. The quantitative estimate of drug-likeness (QED) is 0.617. The third-order valence-corrected chi connectivity index (χ3v) is 5.35. The lowest BCUT2D eigenvalue weighted by molar-refractivity contribution is -0.107. The Labute approximate surface area is 117 Å². The van der Waals surface area contributed by atoms with Gasteiger partial charge in [0, 0.05) is 18.4 Å². The molecule has 1 saturated heterocycles. The molecule has 4 atom stereocenters. The summed E-state index contributed by atoms with van der Waals surface area (Å²) in [7, 11) is 0. The second-order valence-corrected chi connectivity index (χ2v) is 6.56. The van der Waals surface area contributed by atoms with Crippen molar-refractivity contribution in [1.82, 2.24) is 0 Å². The summed E-state index contributed by atoms with van der Waals surface area (Å²) in [5.41, 5.74) is 1.76. The van der Waals surface area contributed by atoms with Gasteiger partial charge in [-0.3, -0.25) is 0 Å². The summed E-state index contributed by atoms with van der Waals surface area (Å²) in [6.07, 6.45) is 16.0. The Morgan fingerprint density at radius 2 is 1.89 bits per heavy atom. The van der Waals surface area contributed by atoms with Crippen LogP contribution in [0.5, 0.6) is 0 Å². The van der Waals surface area contributed by atoms with E-state index in [1.54, 1.807) is 5.57 Å². The van der Waals surface area contributed by atoms with Crippen LogP contribution in [0.3, 0.4) is 0 Å². The molecule has 0 amide bonds. The Hall–Kier alpha value is -0.340. The Morgan fingerprint density at radius 1 is 1.05 bits per heavy atom. The number of aliphatic hydroxyl groups excluding tert-OH is 1. The zero-order valence-corrected chi connectivity index (χ0v) is 12.0. The Morgan fingerprint density at radius 3 is 2.79 bits per heavy atom. The molecule has 0 aromatic heterocycles. The molecule has 0 radical (unpaired) electrons. The molecule has 0 spiro atoms. The molecule has 1 N–H and O–H groups in total. The Bertz CT molecular complexity index is 323. The molecular formula is C17H28O2. The number of ether oxygens (including phenoxy) is 1. The molecule has 2 nitrogen and oxygen atoms in total. The van der Waals surface area contributed by atoms with Crippen molar-refractivity contribution < 1.29 is 9.84 Å². The van der Waals surface area contributed by atoms with E-state index in [1.807, 2.05) is 0 Å². The number of hydrogen-bond acceptors (Lipinski definition) is 2. The summed E-state index contributed by atoms with van der Waals surface area (Å²) in [5.74, 6) is 1.44. The number of allylic oxidation sites excluding steroid dienone is 1. The van der Waals surface area contributed by atoms with Crippen LogP contribution in [-0.2, 0) is 4.74 Å². The average molecular weight is 264 g/mol. The summed E-state index contributed by atoms with van der Waals surface area (Å²) < 4.78 is 6.48. The summed E-state index contributed by atoms with van der Waals surface area (Å²) >= 11 is 0. The number of fused-ring (bicyclic) bond motifs is 3. The van der Waals surface area contributed by atoms with Gasteiger partial charge in [-0.2, -0.15) is 0 Å². The number of aliphatic hydroxyl groups is 1. The van der Waals surface area contributed by atoms with Gasteiger partial charge in [0.2, 0.25) is 0 Å². The second kappa shape index (κ2) is 6.41. The Kier molecular flexibility index (Phi) is 4.60. The van der Waals surface area contributed by atoms with Crippen molar-refractivity contribution in [1.29, 1.82) is 0 Å². The third-order valence-electron chi connectivity index (χ3n) is 5.35. The molecule has 19 heavy (non-hydrogen) atoms. The number of rotatable bonds is 4. The predicted molar refractivity (Wildman–Crippen MR) is 77.0 cm³/mol. The first-order valence-electron chi connectivity index (χ1n) is 8.36. The van der Waals surface area contributed by atoms with E-state index >= 15 is 0 Å². The maximum atomic E-state index is 8.96. The lowest BCUT2D eigenvalue weighted by atomic mass is 9.68. The highest BCUT2D eigenvalue weighted by atomic mass is 16.5. The molecule has 1 aliphatic heterocycles. The molecule has 0 unspecified atom stereocenters. The number of unbranched alkanes of at least 4 members (excludes halogenated alkanes) is 1. The molecule has 0 aromatic carbocycles. The molecule has 3 aliphatic rings. The van der Waals surface area contributed by atoms with Gasteiger partial charge in [-0.15, -0.1) is 0 Å². The van der Waals surface area contributed by atoms with Crippen LogP contribution in [0.4, 0.5) is 0 Å². The number of hydrogen-bond donors (Lipinski definition) is 1. The fraction of sp³-hybridized carbons (Fsp3) is 0.882. The van der Waals surface area contributed by atoms with Gasteiger partial charge in [0.1, 0.15) is 0 Å². The topological polar surface area (TPSA) is 29.5 Å². The first-order chi connectivity index (χ1) is 9.40. The van der Waals surface area contributed by atoms with Gasteiger partial charge in [0.25, 0.3) is 0 Å². The molecule has 2 aliphatic carbocycles. The normalized spacial score (nSPS) is 38.3. The van der Waals surface area contributed by atoms with Crippen molar-refractivity contribution in [3.63, 3.8) is 0 Å². The van der Waals surface area contributed by atoms with Gasteiger partial charge in [-0.1, -0.05) is 24.5 Å². The SMILES string of the molecule is OCCCC[C@@H]1O[C@@H]2CCCC[C@H]2C2=CCCC[C@@H]21. The van der Waals surface area contributed by atoms with Crippen LogP contribution in [-0.4, -0.2) is 23.9 Å². The highest BCUT2D eigenvalue weighted by Gasteiger charge is 2.42. The second-order valence-electron chi connectivity index (χ2n) is 6.56. The highest BCUT2D eigenvalue weighted by Crippen LogP contribution is 2.46. The van der Waals surface area contributed by atoms with Gasteiger partial charge in [0.15, 0.2) is 0 Å². The molecule has 3 rings (SSSR count). The maximum absolute atomic E-state index is 8.96. The lowest BCUT2D eigenvalue weighted by Gasteiger charge is -2.47. The minimum atomic E-state index is 0.326. The molecular weight excluding hydrogens is 236 g/mol. The van der Waals surface area contributed by atoms with Gasteiger partial charge in [0.05, 0.1) is 12.2 Å². The van der Waals surface area contributed by atoms with E-state index in [0.717, 1.165) is 25.2 Å². The summed E-state index contributed by atoms with van der Waals surface area (Å²) in [6, 6.07) is 0. The van der Waals surface area contributed by atoms with Crippen molar-refractivity contribution >= 4 is 0 Å². The van der Waals surface area contributed by atoms with Crippen molar-refractivity contribution in [2.24, 2.45) is 11.8 Å². The van der Waals surface area contributed by atoms with Crippen LogP contribution in [0.1, 0.15) is 64.2 Å². The first kappa shape index (κ1) is 13.6. The maximum Gasteiger partial charge on any atom is 0.0644 e. The van der Waals surface area contributed by atoms with Crippen LogP contribution in [0.25, 0.3) is 0 Å². The van der Waals surface area contributed by atoms with Gasteiger partial charge in [-0.05, 0) is 51.4 Å². The van der Waals surface area contributed by atoms with Crippen molar-refractivity contribution in [2.75, 3.05) is 6.61 Å². The van der Waals surface area contributed by atoms with E-state index in [0.29, 0.717) is 24.7 Å². The largest absolute Gasteiger partial charge is 0.396 e. The zero-order chi connectivity index (χ0) is 13.1. The average Bonchev–Trinajstić information content (AvgIpc) is 2.47. The summed E-state index contributed by atoms with van der Waals surface area (Å²) in [5, 5.41) is 8.96. The molecule has 1 saturated carbocycles. The minimum Gasteiger partial charge on any atom is -0.396 e. The first-order valence-corrected chi connectivity index (χ1v) is 8.36. The molecule has 0 aromatic rings. The van der Waals surface area contributed by atoms with Crippen molar-refractivity contribution in [2.45, 2.75) is 76.4 Å². The molecule has 1 heterocycles. The van der Waals surface area contributed by atoms with Gasteiger partial charge >= 0.3 is 0 Å². The highest BCUT2D eigenvalue weighted by molar-refractivity contribution is 5.20. The van der Waals surface area contributed by atoms with Gasteiger partial charge < -0.3 is 9.84 Å². The van der Waals surface area contributed by atoms with E-state index in [1.165, 1.54) is 44.9 Å². The smallest absolute Gasteiger partial charge is 0.0644 e. The van der Waals surface area contributed by atoms with Crippen LogP contribution < -0.4 is 0 Å². The lowest BCUT2D eigenvalue weighted by Crippen LogP contribution is -2.45. The van der Waals surface area contributed by atoms with E-state index in [4.69, 9.17) is 9.84 Å². The summed E-state index contributed by atoms with van der Waals surface area (Å²) in [6.45, 7) is 0.326. The Balaban J connectivity index is 1.71. The third kappa shape index (κ3) is 2.90. The van der Waals surface area contributed by atoms with E-state index in [2.05, 4.69) is 6.08 Å². The van der Waals surface area contributed by atoms with E-state index in [-0.39, 0.29) is 0 Å². The summed E-state index contributed by atoms with van der Waals surface area (Å²) in [4.78, 5) is 0. The van der Waals surface area contributed by atoms with E-state index in [9.17, 15) is 0 Å². The fourth-order valence-electron chi connectivity index (χ4n) is 4.44. The van der Waals surface area contributed by atoms with Crippen molar-refractivity contribution in [3.8, 4) is 0 Å². The van der Waals surface area contributed by atoms with Gasteiger partial charge in [-0.25, -0.2) is 0 Å². The molecule has 2 heteroatoms. The zero-order valence-electron chi connectivity index (χ0n) is 12.0. The molecule has 108 valence electrons. The van der Waals surface area contributed by atoms with Crippen molar-refractivity contribution in [3.05, 3.63) is 11.6 Å². The fourth-order valence-corrected chi connectivity index (χ4v) is 4.44. The van der Waals surface area contributed by atoms with E-state index < -0.39 is 0 Å². The van der Waals surface area contributed by atoms with Crippen LogP contribution in [0, 0.1) is 11.8 Å². The molecule has 0 bridgehead atoms. The minimum absolute atomic E-state index is 0.326. The predicted octanol–water partition coefficient (Wildman–Crippen LogP) is 3.83. The molecule has 2 fully saturated rings. The van der Waals surface area contributed by atoms with Crippen LogP contribution >= 0.6 is 0 Å². The monoisotopic (exact) mass is 264 g/mol. The van der Waals surface area contributed by atoms with Crippen LogP contribution in [0.2, 0.25) is 0 Å². The van der Waals surface area contributed by atoms with Crippen LogP contribution in [0.15, 0.2) is 11.6 Å².